The number of benzene rings is 3. The highest BCUT2D eigenvalue weighted by molar-refractivity contribution is 6.02. The lowest BCUT2D eigenvalue weighted by atomic mass is 9.97. The van der Waals surface area contributed by atoms with Gasteiger partial charge in [0.25, 0.3) is 0 Å². The van der Waals surface area contributed by atoms with Crippen molar-refractivity contribution in [2.75, 3.05) is 39.6 Å². The first kappa shape index (κ1) is 36.7. The lowest BCUT2D eigenvalue weighted by Crippen LogP contribution is -2.62. The summed E-state index contributed by atoms with van der Waals surface area (Å²) in [5.74, 6) is -4.01. The van der Waals surface area contributed by atoms with Gasteiger partial charge in [-0.2, -0.15) is 0 Å². The van der Waals surface area contributed by atoms with Gasteiger partial charge in [-0.05, 0) is 34.0 Å². The molecule has 5 N–H and O–H groups in total. The van der Waals surface area contributed by atoms with Crippen molar-refractivity contribution in [1.82, 2.24) is 10.6 Å². The molecule has 0 aromatic heterocycles. The number of carbonyl (C=O) groups is 5. The van der Waals surface area contributed by atoms with Crippen molar-refractivity contribution in [3.05, 3.63) is 60.2 Å². The second-order valence-corrected chi connectivity index (χ2v) is 10.8. The van der Waals surface area contributed by atoms with Crippen molar-refractivity contribution in [3.63, 3.8) is 0 Å². The summed E-state index contributed by atoms with van der Waals surface area (Å²) in [6.45, 7) is -0.0163. The predicted molar refractivity (Wildman–Crippen MR) is 169 cm³/mol. The third-order valence-corrected chi connectivity index (χ3v) is 7.15. The fourth-order valence-electron chi connectivity index (χ4n) is 4.80. The van der Waals surface area contributed by atoms with Crippen LogP contribution in [0, 0.1) is 0 Å². The van der Waals surface area contributed by atoms with Gasteiger partial charge in [0.1, 0.15) is 18.2 Å². The molecule has 0 heterocycles. The average molecular weight is 657 g/mol. The molecule has 0 spiro atoms. The zero-order chi connectivity index (χ0) is 34.2. The van der Waals surface area contributed by atoms with Crippen LogP contribution < -0.4 is 10.6 Å². The fourth-order valence-corrected chi connectivity index (χ4v) is 4.80. The highest BCUT2D eigenvalue weighted by atomic mass is 16.5. The molecule has 0 radical (unpaired) electrons. The molecule has 0 aliphatic heterocycles. The standard InChI is InChI=1S/C33H40N2O12/c1-2-27(34-32(43)47-18-26-24-9-5-3-7-22(24)17-23-8-4-6-10-25(23)26)31(42)35-33(19-44-14-11-28(36)37,20-45-15-12-29(38)39)21-46-16-13-30(40)41/h3-10,17,27H,2,11-16,18-21H2,1H3,(H,34,43)(H,35,42)(H,36,37)(H,38,39)(H,40,41). The van der Waals surface area contributed by atoms with E-state index >= 15 is 0 Å². The van der Waals surface area contributed by atoms with Crippen LogP contribution in [0.4, 0.5) is 4.79 Å². The molecule has 0 bridgehead atoms. The van der Waals surface area contributed by atoms with Crippen LogP contribution in [0.5, 0.6) is 0 Å². The van der Waals surface area contributed by atoms with Gasteiger partial charge in [0.2, 0.25) is 5.91 Å². The second kappa shape index (κ2) is 18.4. The Morgan fingerprint density at radius 2 is 1.17 bits per heavy atom. The minimum atomic E-state index is -1.49. The number of nitrogens with one attached hydrogen (secondary N) is 2. The molecular weight excluding hydrogens is 616 g/mol. The Morgan fingerprint density at radius 3 is 1.60 bits per heavy atom. The Hall–Kier alpha value is -4.79. The number of hydrogen-bond acceptors (Lipinski definition) is 9. The number of rotatable bonds is 21. The number of amides is 2. The molecular formula is C33H40N2O12. The van der Waals surface area contributed by atoms with E-state index in [2.05, 4.69) is 16.7 Å². The zero-order valence-corrected chi connectivity index (χ0v) is 26.1. The number of aliphatic carboxylic acids is 3. The lowest BCUT2D eigenvalue weighted by molar-refractivity contribution is -0.140. The van der Waals surface area contributed by atoms with E-state index < -0.39 is 41.5 Å². The predicted octanol–water partition coefficient (Wildman–Crippen LogP) is 3.33. The minimum Gasteiger partial charge on any atom is -0.481 e. The first-order valence-electron chi connectivity index (χ1n) is 15.1. The Bertz CT molecular complexity index is 1430. The molecule has 0 saturated heterocycles. The molecule has 3 aromatic rings. The number of carboxylic acid groups (broad SMARTS) is 3. The topological polar surface area (TPSA) is 207 Å². The normalized spacial score (nSPS) is 12.0. The quantitative estimate of drug-likeness (QED) is 0.0827. The number of carboxylic acids is 3. The van der Waals surface area contributed by atoms with Crippen LogP contribution >= 0.6 is 0 Å². The molecule has 1 unspecified atom stereocenters. The second-order valence-electron chi connectivity index (χ2n) is 10.8. The van der Waals surface area contributed by atoms with Crippen LogP contribution in [0.15, 0.2) is 54.6 Å². The van der Waals surface area contributed by atoms with Crippen molar-refractivity contribution >= 4 is 51.5 Å². The molecule has 0 aliphatic rings. The van der Waals surface area contributed by atoms with Gasteiger partial charge in [0, 0.05) is 5.56 Å². The largest absolute Gasteiger partial charge is 0.481 e. The van der Waals surface area contributed by atoms with Crippen LogP contribution in [0.1, 0.15) is 38.2 Å². The van der Waals surface area contributed by atoms with Gasteiger partial charge in [-0.15, -0.1) is 0 Å². The Morgan fingerprint density at radius 1 is 0.723 bits per heavy atom. The van der Waals surface area contributed by atoms with E-state index in [0.717, 1.165) is 27.1 Å². The number of ether oxygens (including phenoxy) is 4. The summed E-state index contributed by atoms with van der Waals surface area (Å²) in [4.78, 5) is 59.5. The van der Waals surface area contributed by atoms with E-state index in [9.17, 15) is 24.0 Å². The average Bonchev–Trinajstić information content (AvgIpc) is 3.04. The molecule has 0 aliphatic carbocycles. The summed E-state index contributed by atoms with van der Waals surface area (Å²) in [6, 6.07) is 16.4. The Kier molecular flexibility index (Phi) is 14.3. The molecule has 47 heavy (non-hydrogen) atoms. The molecule has 3 aromatic carbocycles. The summed E-state index contributed by atoms with van der Waals surface area (Å²) in [5, 5.41) is 36.1. The number of fused-ring (bicyclic) bond motifs is 2. The van der Waals surface area contributed by atoms with Gasteiger partial charge in [0.05, 0.1) is 58.9 Å². The molecule has 14 nitrogen and oxygen atoms in total. The van der Waals surface area contributed by atoms with Gasteiger partial charge in [-0.25, -0.2) is 4.79 Å². The summed E-state index contributed by atoms with van der Waals surface area (Å²) < 4.78 is 22.1. The van der Waals surface area contributed by atoms with Crippen molar-refractivity contribution in [3.8, 4) is 0 Å². The SMILES string of the molecule is CCC(NC(=O)OCc1c2ccccc2cc2ccccc12)C(=O)NC(COCCC(=O)O)(COCCC(=O)O)COCCC(=O)O. The Balaban J connectivity index is 1.75. The molecule has 14 heteroatoms. The number of carbonyl (C=O) groups excluding carboxylic acids is 2. The van der Waals surface area contributed by atoms with Crippen molar-refractivity contribution in [2.45, 2.75) is 50.8 Å². The first-order chi connectivity index (χ1) is 22.5. The van der Waals surface area contributed by atoms with Crippen molar-refractivity contribution in [2.24, 2.45) is 0 Å². The maximum Gasteiger partial charge on any atom is 0.408 e. The summed E-state index contributed by atoms with van der Waals surface area (Å²) >= 11 is 0. The summed E-state index contributed by atoms with van der Waals surface area (Å²) in [6.07, 6.45) is -1.70. The van der Waals surface area contributed by atoms with E-state index in [-0.39, 0.29) is 71.9 Å². The van der Waals surface area contributed by atoms with Gasteiger partial charge in [0.15, 0.2) is 0 Å². The van der Waals surface area contributed by atoms with Gasteiger partial charge >= 0.3 is 24.0 Å². The highest BCUT2D eigenvalue weighted by Crippen LogP contribution is 2.29. The zero-order valence-electron chi connectivity index (χ0n) is 26.1. The third-order valence-electron chi connectivity index (χ3n) is 7.15. The van der Waals surface area contributed by atoms with Crippen LogP contribution in [-0.2, 0) is 44.7 Å². The first-order valence-corrected chi connectivity index (χ1v) is 15.1. The molecule has 254 valence electrons. The van der Waals surface area contributed by atoms with E-state index in [1.54, 1.807) is 6.92 Å². The van der Waals surface area contributed by atoms with E-state index in [0.29, 0.717) is 0 Å². The smallest absolute Gasteiger partial charge is 0.408 e. The van der Waals surface area contributed by atoms with E-state index in [1.165, 1.54) is 0 Å². The summed E-state index contributed by atoms with van der Waals surface area (Å²) in [5.41, 5.74) is -0.686. The Labute approximate surface area is 270 Å². The maximum absolute atomic E-state index is 13.5. The third kappa shape index (κ3) is 11.8. The number of alkyl carbamates (subject to hydrolysis) is 1. The van der Waals surface area contributed by atoms with Crippen LogP contribution in [0.25, 0.3) is 21.5 Å². The maximum atomic E-state index is 13.5. The van der Waals surface area contributed by atoms with Crippen molar-refractivity contribution < 1.29 is 58.2 Å². The molecule has 0 fully saturated rings. The monoisotopic (exact) mass is 656 g/mol. The summed E-state index contributed by atoms with van der Waals surface area (Å²) in [7, 11) is 0. The molecule has 3 rings (SSSR count). The van der Waals surface area contributed by atoms with Crippen LogP contribution in [0.2, 0.25) is 0 Å². The molecule has 0 saturated carbocycles. The number of hydrogen-bond donors (Lipinski definition) is 5. The minimum absolute atomic E-state index is 0.0675. The van der Waals surface area contributed by atoms with Crippen LogP contribution in [-0.4, -0.2) is 96.4 Å². The van der Waals surface area contributed by atoms with Crippen LogP contribution in [0.3, 0.4) is 0 Å². The van der Waals surface area contributed by atoms with Gasteiger partial charge in [-0.1, -0.05) is 55.5 Å². The van der Waals surface area contributed by atoms with E-state index in [1.807, 2.05) is 48.5 Å². The van der Waals surface area contributed by atoms with Gasteiger partial charge < -0.3 is 44.9 Å². The molecule has 2 amide bonds. The fraction of sp³-hybridized carbons (Fsp3) is 0.424. The van der Waals surface area contributed by atoms with E-state index in [4.69, 9.17) is 34.3 Å². The van der Waals surface area contributed by atoms with Crippen molar-refractivity contribution in [1.29, 1.82) is 0 Å². The highest BCUT2D eigenvalue weighted by Gasteiger charge is 2.36. The van der Waals surface area contributed by atoms with Gasteiger partial charge in [-0.3, -0.25) is 19.2 Å². The lowest BCUT2D eigenvalue weighted by Gasteiger charge is -2.35. The molecule has 1 atom stereocenters.